The van der Waals surface area contributed by atoms with Crippen LogP contribution in [0.4, 0.5) is 0 Å². The minimum Gasteiger partial charge on any atom is -0.329 e. The standard InChI is InChI=1S/C13H20BrNS/c1-3-10(2)9-16-13(8-15)11-4-6-12(14)7-5-11/h4-7,10,13H,3,8-9,15H2,1-2H3. The smallest absolute Gasteiger partial charge is 0.0419 e. The molecule has 0 bridgehead atoms. The molecule has 0 saturated carbocycles. The quantitative estimate of drug-likeness (QED) is 0.851. The van der Waals surface area contributed by atoms with Crippen LogP contribution in [0.5, 0.6) is 0 Å². The summed E-state index contributed by atoms with van der Waals surface area (Å²) >= 11 is 5.42. The predicted octanol–water partition coefficient (Wildman–Crippen LogP) is 4.23. The fourth-order valence-corrected chi connectivity index (χ4v) is 2.92. The van der Waals surface area contributed by atoms with Crippen LogP contribution in [-0.4, -0.2) is 12.3 Å². The minimum absolute atomic E-state index is 0.432. The fraction of sp³-hybridized carbons (Fsp3) is 0.538. The summed E-state index contributed by atoms with van der Waals surface area (Å²) in [5.41, 5.74) is 7.17. The number of rotatable bonds is 6. The molecule has 0 radical (unpaired) electrons. The van der Waals surface area contributed by atoms with Crippen molar-refractivity contribution in [2.24, 2.45) is 11.7 Å². The molecule has 1 aromatic rings. The van der Waals surface area contributed by atoms with Gasteiger partial charge in [-0.1, -0.05) is 48.3 Å². The number of nitrogens with two attached hydrogens (primary N) is 1. The lowest BCUT2D eigenvalue weighted by Gasteiger charge is -2.17. The molecule has 1 aromatic carbocycles. The van der Waals surface area contributed by atoms with Crippen molar-refractivity contribution >= 4 is 27.7 Å². The molecule has 0 amide bonds. The zero-order valence-electron chi connectivity index (χ0n) is 9.95. The second-order valence-electron chi connectivity index (χ2n) is 4.12. The molecule has 2 atom stereocenters. The topological polar surface area (TPSA) is 26.0 Å². The highest BCUT2D eigenvalue weighted by Gasteiger charge is 2.11. The third kappa shape index (κ3) is 4.48. The second kappa shape index (κ2) is 7.36. The van der Waals surface area contributed by atoms with Crippen LogP contribution in [0.15, 0.2) is 28.7 Å². The van der Waals surface area contributed by atoms with Crippen molar-refractivity contribution in [1.29, 1.82) is 0 Å². The Hall–Kier alpha value is 0.01000. The lowest BCUT2D eigenvalue weighted by molar-refractivity contribution is 0.635. The average Bonchev–Trinajstić information content (AvgIpc) is 2.31. The molecule has 2 unspecified atom stereocenters. The lowest BCUT2D eigenvalue weighted by Crippen LogP contribution is -2.11. The monoisotopic (exact) mass is 301 g/mol. The summed E-state index contributed by atoms with van der Waals surface area (Å²) < 4.78 is 1.12. The van der Waals surface area contributed by atoms with Crippen molar-refractivity contribution in [3.05, 3.63) is 34.3 Å². The van der Waals surface area contributed by atoms with Gasteiger partial charge in [0.15, 0.2) is 0 Å². The van der Waals surface area contributed by atoms with Gasteiger partial charge in [-0.25, -0.2) is 0 Å². The van der Waals surface area contributed by atoms with Gasteiger partial charge in [0.2, 0.25) is 0 Å². The first-order valence-electron chi connectivity index (χ1n) is 5.74. The van der Waals surface area contributed by atoms with Crippen LogP contribution in [0, 0.1) is 5.92 Å². The number of benzene rings is 1. The molecule has 16 heavy (non-hydrogen) atoms. The first-order chi connectivity index (χ1) is 7.67. The molecule has 0 aromatic heterocycles. The summed E-state index contributed by atoms with van der Waals surface area (Å²) in [6, 6.07) is 8.49. The van der Waals surface area contributed by atoms with Gasteiger partial charge >= 0.3 is 0 Å². The summed E-state index contributed by atoms with van der Waals surface area (Å²) in [6.45, 7) is 5.24. The van der Waals surface area contributed by atoms with Crippen molar-refractivity contribution in [1.82, 2.24) is 0 Å². The molecule has 0 heterocycles. The molecule has 2 N–H and O–H groups in total. The maximum absolute atomic E-state index is 5.84. The highest BCUT2D eigenvalue weighted by atomic mass is 79.9. The predicted molar refractivity (Wildman–Crippen MR) is 77.9 cm³/mol. The van der Waals surface area contributed by atoms with Gasteiger partial charge in [0, 0.05) is 16.3 Å². The number of hydrogen-bond acceptors (Lipinski definition) is 2. The zero-order valence-corrected chi connectivity index (χ0v) is 12.4. The molecule has 0 aliphatic rings. The van der Waals surface area contributed by atoms with Crippen molar-refractivity contribution in [2.75, 3.05) is 12.3 Å². The van der Waals surface area contributed by atoms with Crippen LogP contribution < -0.4 is 5.73 Å². The molecule has 0 saturated heterocycles. The maximum Gasteiger partial charge on any atom is 0.0419 e. The molecule has 0 aliphatic heterocycles. The molecule has 90 valence electrons. The van der Waals surface area contributed by atoms with Crippen molar-refractivity contribution < 1.29 is 0 Å². The summed E-state index contributed by atoms with van der Waals surface area (Å²) in [5.74, 6) is 1.96. The van der Waals surface area contributed by atoms with E-state index in [1.54, 1.807) is 0 Å². The largest absolute Gasteiger partial charge is 0.329 e. The van der Waals surface area contributed by atoms with Crippen molar-refractivity contribution in [3.8, 4) is 0 Å². The first-order valence-corrected chi connectivity index (χ1v) is 7.58. The Bertz CT molecular complexity index is 299. The molecule has 1 nitrogen and oxygen atoms in total. The van der Waals surface area contributed by atoms with Gasteiger partial charge in [-0.05, 0) is 29.4 Å². The van der Waals surface area contributed by atoms with E-state index in [0.717, 1.165) is 10.4 Å². The fourth-order valence-electron chi connectivity index (χ4n) is 1.38. The van der Waals surface area contributed by atoms with Crippen LogP contribution in [0.2, 0.25) is 0 Å². The van der Waals surface area contributed by atoms with Gasteiger partial charge in [0.05, 0.1) is 0 Å². The first kappa shape index (κ1) is 14.1. The Morgan fingerprint density at radius 1 is 1.31 bits per heavy atom. The molecule has 1 rings (SSSR count). The van der Waals surface area contributed by atoms with Crippen molar-refractivity contribution in [2.45, 2.75) is 25.5 Å². The molecule has 3 heteroatoms. The molecule has 0 aliphatic carbocycles. The van der Waals surface area contributed by atoms with E-state index in [9.17, 15) is 0 Å². The molecule has 0 fully saturated rings. The summed E-state index contributed by atoms with van der Waals surface area (Å²) in [4.78, 5) is 0. The third-order valence-electron chi connectivity index (χ3n) is 2.73. The number of hydrogen-bond donors (Lipinski definition) is 1. The Kier molecular flexibility index (Phi) is 6.47. The van der Waals surface area contributed by atoms with Gasteiger partial charge in [-0.15, -0.1) is 0 Å². The summed E-state index contributed by atoms with van der Waals surface area (Å²) in [6.07, 6.45) is 1.24. The summed E-state index contributed by atoms with van der Waals surface area (Å²) in [7, 11) is 0. The van der Waals surface area contributed by atoms with Gasteiger partial charge < -0.3 is 5.73 Å². The Morgan fingerprint density at radius 3 is 2.44 bits per heavy atom. The van der Waals surface area contributed by atoms with E-state index in [1.807, 2.05) is 11.8 Å². The Morgan fingerprint density at radius 2 is 1.94 bits per heavy atom. The highest BCUT2D eigenvalue weighted by molar-refractivity contribution is 9.10. The zero-order chi connectivity index (χ0) is 12.0. The Labute approximate surface area is 111 Å². The SMILES string of the molecule is CCC(C)CSC(CN)c1ccc(Br)cc1. The lowest BCUT2D eigenvalue weighted by atomic mass is 10.1. The van der Waals surface area contributed by atoms with Crippen molar-refractivity contribution in [3.63, 3.8) is 0 Å². The normalized spacial score (nSPS) is 14.8. The van der Waals surface area contributed by atoms with Gasteiger partial charge in [0.25, 0.3) is 0 Å². The van der Waals surface area contributed by atoms with E-state index >= 15 is 0 Å². The highest BCUT2D eigenvalue weighted by Crippen LogP contribution is 2.30. The van der Waals surface area contributed by atoms with Crippen LogP contribution in [0.3, 0.4) is 0 Å². The Balaban J connectivity index is 2.57. The van der Waals surface area contributed by atoms with E-state index < -0.39 is 0 Å². The van der Waals surface area contributed by atoms with E-state index in [0.29, 0.717) is 11.8 Å². The molecule has 0 spiro atoms. The van der Waals surface area contributed by atoms with E-state index in [2.05, 4.69) is 54.0 Å². The van der Waals surface area contributed by atoms with E-state index in [1.165, 1.54) is 17.7 Å². The summed E-state index contributed by atoms with van der Waals surface area (Å²) in [5, 5.41) is 0.432. The minimum atomic E-state index is 0.432. The van der Waals surface area contributed by atoms with Crippen LogP contribution in [-0.2, 0) is 0 Å². The molecular weight excluding hydrogens is 282 g/mol. The van der Waals surface area contributed by atoms with E-state index in [-0.39, 0.29) is 0 Å². The number of halogens is 1. The second-order valence-corrected chi connectivity index (χ2v) is 6.27. The van der Waals surface area contributed by atoms with Gasteiger partial charge in [0.1, 0.15) is 0 Å². The third-order valence-corrected chi connectivity index (χ3v) is 4.89. The van der Waals surface area contributed by atoms with Gasteiger partial charge in [-0.3, -0.25) is 0 Å². The van der Waals surface area contributed by atoms with Crippen LogP contribution in [0.1, 0.15) is 31.1 Å². The molecular formula is C13H20BrNS. The van der Waals surface area contributed by atoms with Crippen LogP contribution >= 0.6 is 27.7 Å². The van der Waals surface area contributed by atoms with Gasteiger partial charge in [-0.2, -0.15) is 11.8 Å². The average molecular weight is 302 g/mol. The number of thioether (sulfide) groups is 1. The van der Waals surface area contributed by atoms with E-state index in [4.69, 9.17) is 5.73 Å². The maximum atomic E-state index is 5.84. The van der Waals surface area contributed by atoms with Crippen LogP contribution in [0.25, 0.3) is 0 Å².